The first-order chi connectivity index (χ1) is 16.5. The molecule has 0 saturated heterocycles. The molecule has 2 aromatic carbocycles. The minimum atomic E-state index is -1.24. The summed E-state index contributed by atoms with van der Waals surface area (Å²) >= 11 is 0. The molecule has 34 heavy (non-hydrogen) atoms. The van der Waals surface area contributed by atoms with E-state index in [1.54, 1.807) is 31.2 Å². The average molecular weight is 467 g/mol. The molecule has 0 aliphatic heterocycles. The van der Waals surface area contributed by atoms with Gasteiger partial charge < -0.3 is 9.47 Å². The van der Waals surface area contributed by atoms with Crippen molar-refractivity contribution in [3.63, 3.8) is 0 Å². The third kappa shape index (κ3) is 5.14. The molecule has 0 atom stereocenters. The summed E-state index contributed by atoms with van der Waals surface area (Å²) in [6, 6.07) is 13.9. The number of halogens is 3. The molecule has 0 bridgehead atoms. The summed E-state index contributed by atoms with van der Waals surface area (Å²) < 4.78 is 51.9. The number of para-hydroxylation sites is 1. The van der Waals surface area contributed by atoms with Gasteiger partial charge in [0.05, 0.1) is 12.3 Å². The van der Waals surface area contributed by atoms with Gasteiger partial charge in [-0.25, -0.2) is 22.9 Å². The van der Waals surface area contributed by atoms with Crippen LogP contribution in [-0.4, -0.2) is 17.6 Å². The number of allylic oxidation sites excluding steroid dienone is 2. The van der Waals surface area contributed by atoms with Crippen molar-refractivity contribution < 1.29 is 27.4 Å². The number of aromatic nitrogens is 1. The van der Waals surface area contributed by atoms with Gasteiger partial charge in [-0.15, -0.1) is 0 Å². The fraction of sp³-hybridized carbons (Fsp3) is 0.259. The predicted molar refractivity (Wildman–Crippen MR) is 123 cm³/mol. The lowest BCUT2D eigenvalue weighted by molar-refractivity contribution is 0.0519. The lowest BCUT2D eigenvalue weighted by Gasteiger charge is -2.23. The van der Waals surface area contributed by atoms with Crippen molar-refractivity contribution in [3.8, 4) is 5.75 Å². The van der Waals surface area contributed by atoms with Crippen molar-refractivity contribution in [2.45, 2.75) is 39.2 Å². The molecule has 1 heterocycles. The van der Waals surface area contributed by atoms with Gasteiger partial charge in [0.2, 0.25) is 0 Å². The van der Waals surface area contributed by atoms with Crippen LogP contribution in [0.15, 0.2) is 54.6 Å². The average Bonchev–Trinajstić information content (AvgIpc) is 2.86. The Kier molecular flexibility index (Phi) is 7.30. The predicted octanol–water partition coefficient (Wildman–Crippen LogP) is 6.74. The van der Waals surface area contributed by atoms with Gasteiger partial charge >= 0.3 is 5.97 Å². The van der Waals surface area contributed by atoms with Gasteiger partial charge in [-0.05, 0) is 68.0 Å². The Morgan fingerprint density at radius 2 is 1.65 bits per heavy atom. The van der Waals surface area contributed by atoms with Crippen LogP contribution in [0.3, 0.4) is 0 Å². The molecule has 4 nitrogen and oxygen atoms in total. The molecular weight excluding hydrogens is 443 g/mol. The van der Waals surface area contributed by atoms with Crippen LogP contribution in [0.2, 0.25) is 0 Å². The molecule has 0 radical (unpaired) electrons. The summed E-state index contributed by atoms with van der Waals surface area (Å²) in [5.41, 5.74) is 3.73. The molecule has 0 spiro atoms. The summed E-state index contributed by atoms with van der Waals surface area (Å²) in [5.74, 6) is -3.20. The number of ether oxygens (including phenoxy) is 2. The van der Waals surface area contributed by atoms with Crippen molar-refractivity contribution in [2.24, 2.45) is 0 Å². The Bertz CT molecular complexity index is 1240. The van der Waals surface area contributed by atoms with Crippen LogP contribution >= 0.6 is 0 Å². The topological polar surface area (TPSA) is 48.4 Å². The quantitative estimate of drug-likeness (QED) is 0.285. The maximum Gasteiger partial charge on any atom is 0.356 e. The normalized spacial score (nSPS) is 13.6. The Morgan fingerprint density at radius 1 is 0.912 bits per heavy atom. The molecule has 7 heteroatoms. The number of nitrogens with zero attached hydrogens (tertiary/aromatic N) is 1. The standard InChI is InChI=1S/C27H24F3NO3/c1-2-33-27(32)25-12-7-11-24(31-25)19-9-4-3-8-18(19)20-10-5-6-13-26(20)34-16-17-14-22(29)23(30)15-21(17)28/h5-7,10-15H,2-4,8-9,16H2,1H3. The zero-order chi connectivity index (χ0) is 24.1. The van der Waals surface area contributed by atoms with Crippen LogP contribution in [0.25, 0.3) is 11.1 Å². The third-order valence-electron chi connectivity index (χ3n) is 5.70. The molecule has 0 fully saturated rings. The molecular formula is C27H24F3NO3. The van der Waals surface area contributed by atoms with Crippen molar-refractivity contribution >= 4 is 17.1 Å². The largest absolute Gasteiger partial charge is 0.488 e. The molecule has 1 aliphatic carbocycles. The maximum absolute atomic E-state index is 14.1. The van der Waals surface area contributed by atoms with Gasteiger partial charge in [-0.1, -0.05) is 24.3 Å². The van der Waals surface area contributed by atoms with Crippen LogP contribution in [0.4, 0.5) is 13.2 Å². The van der Waals surface area contributed by atoms with Crippen LogP contribution in [-0.2, 0) is 11.3 Å². The summed E-state index contributed by atoms with van der Waals surface area (Å²) in [6.07, 6.45) is 3.51. The highest BCUT2D eigenvalue weighted by atomic mass is 19.2. The Labute approximate surface area is 196 Å². The van der Waals surface area contributed by atoms with Crippen LogP contribution in [0, 0.1) is 17.5 Å². The molecule has 176 valence electrons. The summed E-state index contributed by atoms with van der Waals surface area (Å²) in [4.78, 5) is 16.7. The van der Waals surface area contributed by atoms with E-state index in [1.807, 2.05) is 18.2 Å². The highest BCUT2D eigenvalue weighted by molar-refractivity contribution is 5.93. The summed E-state index contributed by atoms with van der Waals surface area (Å²) in [5, 5.41) is 0. The summed E-state index contributed by atoms with van der Waals surface area (Å²) in [7, 11) is 0. The van der Waals surface area contributed by atoms with Crippen molar-refractivity contribution in [1.82, 2.24) is 4.98 Å². The van der Waals surface area contributed by atoms with Crippen molar-refractivity contribution in [2.75, 3.05) is 6.61 Å². The number of carbonyl (C=O) groups is 1. The van der Waals surface area contributed by atoms with Gasteiger partial charge in [0.15, 0.2) is 11.6 Å². The van der Waals surface area contributed by atoms with E-state index >= 15 is 0 Å². The van der Waals surface area contributed by atoms with Gasteiger partial charge in [-0.2, -0.15) is 0 Å². The van der Waals surface area contributed by atoms with E-state index in [9.17, 15) is 18.0 Å². The second-order valence-electron chi connectivity index (χ2n) is 7.94. The number of hydrogen-bond donors (Lipinski definition) is 0. The number of carbonyl (C=O) groups excluding carboxylic acids is 1. The highest BCUT2D eigenvalue weighted by Crippen LogP contribution is 2.41. The van der Waals surface area contributed by atoms with E-state index in [1.165, 1.54) is 0 Å². The van der Waals surface area contributed by atoms with Crippen LogP contribution in [0.1, 0.15) is 59.9 Å². The number of hydrogen-bond acceptors (Lipinski definition) is 4. The van der Waals surface area contributed by atoms with E-state index in [0.29, 0.717) is 17.5 Å². The Balaban J connectivity index is 1.69. The first kappa shape index (κ1) is 23.5. The van der Waals surface area contributed by atoms with Crippen molar-refractivity contribution in [1.29, 1.82) is 0 Å². The van der Waals surface area contributed by atoms with E-state index in [4.69, 9.17) is 9.47 Å². The fourth-order valence-electron chi connectivity index (χ4n) is 4.08. The van der Waals surface area contributed by atoms with Crippen LogP contribution in [0.5, 0.6) is 5.75 Å². The lowest BCUT2D eigenvalue weighted by Crippen LogP contribution is -2.09. The number of pyridine rings is 1. The van der Waals surface area contributed by atoms with E-state index in [-0.39, 0.29) is 24.5 Å². The number of benzene rings is 2. The second kappa shape index (κ2) is 10.5. The van der Waals surface area contributed by atoms with Gasteiger partial charge in [-0.3, -0.25) is 0 Å². The molecule has 4 rings (SSSR count). The SMILES string of the molecule is CCOC(=O)c1cccc(C2=C(c3ccccc3OCc3cc(F)c(F)cc3F)CCCC2)n1. The lowest BCUT2D eigenvalue weighted by atomic mass is 9.85. The summed E-state index contributed by atoms with van der Waals surface area (Å²) in [6.45, 7) is 1.76. The first-order valence-electron chi connectivity index (χ1n) is 11.2. The van der Waals surface area contributed by atoms with Crippen LogP contribution < -0.4 is 4.74 Å². The number of rotatable bonds is 7. The van der Waals surface area contributed by atoms with Gasteiger partial charge in [0.25, 0.3) is 0 Å². The smallest absolute Gasteiger partial charge is 0.356 e. The Hall–Kier alpha value is -3.61. The van der Waals surface area contributed by atoms with Gasteiger partial charge in [0.1, 0.15) is 23.9 Å². The minimum absolute atomic E-state index is 0.0737. The first-order valence-corrected chi connectivity index (χ1v) is 11.2. The second-order valence-corrected chi connectivity index (χ2v) is 7.94. The monoisotopic (exact) mass is 467 g/mol. The zero-order valence-electron chi connectivity index (χ0n) is 18.7. The molecule has 0 unspecified atom stereocenters. The third-order valence-corrected chi connectivity index (χ3v) is 5.70. The molecule has 0 amide bonds. The maximum atomic E-state index is 14.1. The van der Waals surface area contributed by atoms with E-state index in [0.717, 1.165) is 48.5 Å². The van der Waals surface area contributed by atoms with Gasteiger partial charge in [0, 0.05) is 17.2 Å². The number of esters is 1. The zero-order valence-corrected chi connectivity index (χ0v) is 18.7. The van der Waals surface area contributed by atoms with E-state index < -0.39 is 23.4 Å². The molecule has 1 aromatic heterocycles. The molecule has 0 N–H and O–H groups in total. The molecule has 1 aliphatic rings. The Morgan fingerprint density at radius 3 is 2.44 bits per heavy atom. The van der Waals surface area contributed by atoms with E-state index in [2.05, 4.69) is 4.98 Å². The minimum Gasteiger partial charge on any atom is -0.488 e. The van der Waals surface area contributed by atoms with Crippen molar-refractivity contribution in [3.05, 3.63) is 94.6 Å². The molecule has 3 aromatic rings. The highest BCUT2D eigenvalue weighted by Gasteiger charge is 2.21. The fourth-order valence-corrected chi connectivity index (χ4v) is 4.08. The molecule has 0 saturated carbocycles.